The summed E-state index contributed by atoms with van der Waals surface area (Å²) in [6, 6.07) is 0. The van der Waals surface area contributed by atoms with Crippen molar-refractivity contribution in [3.05, 3.63) is 0 Å². The fraction of sp³-hybridized carbons (Fsp3) is 0. The molecule has 0 aliphatic carbocycles. The van der Waals surface area contributed by atoms with Crippen LogP contribution in [0.4, 0.5) is 0 Å². The van der Waals surface area contributed by atoms with Gasteiger partial charge in [-0.25, -0.2) is 0 Å². The van der Waals surface area contributed by atoms with Crippen LogP contribution in [-0.4, -0.2) is 69.0 Å². The van der Waals surface area contributed by atoms with Gasteiger partial charge >= 0.3 is 0 Å². The van der Waals surface area contributed by atoms with Crippen molar-refractivity contribution in [1.82, 2.24) is 0 Å². The molecule has 0 spiro atoms. The van der Waals surface area contributed by atoms with Gasteiger partial charge in [0.05, 0.1) is 0 Å². The molecule has 0 aromatic heterocycles. The van der Waals surface area contributed by atoms with Gasteiger partial charge in [-0.3, -0.25) is 4.57 Å². The normalized spacial score (nSPS) is 0.800. The van der Waals surface area contributed by atoms with Crippen LogP contribution in [0, 0.1) is 0 Å². The maximum atomic E-state index is 7.94. The minimum absolute atomic E-state index is 0. The van der Waals surface area contributed by atoms with Gasteiger partial charge in [-0.15, -0.1) is 0 Å². The van der Waals surface area contributed by atoms with Gasteiger partial charge in [-0.1, -0.05) is 0 Å². The number of hydrogen-bond acceptors (Lipinski definition) is 1. The maximum absolute atomic E-state index is 7.94. The Bertz CT molecular complexity index is 11.6. The van der Waals surface area contributed by atoms with Crippen LogP contribution in [0.25, 0.3) is 0 Å². The predicted octanol–water partition coefficient (Wildman–Crippen LogP) is -0.0217. The van der Waals surface area contributed by atoms with Gasteiger partial charge in [0.15, 0.2) is 0 Å². The fourth-order valence-corrected chi connectivity index (χ4v) is 0. The van der Waals surface area contributed by atoms with Gasteiger partial charge < -0.3 is 0 Å². The Morgan fingerprint density at radius 3 is 1.20 bits per heavy atom. The predicted molar refractivity (Wildman–Crippen MR) is 19.1 cm³/mol. The minimum atomic E-state index is 0. The summed E-state index contributed by atoms with van der Waals surface area (Å²) in [6.07, 6.45) is 0. The van der Waals surface area contributed by atoms with Gasteiger partial charge in [0.1, 0.15) is 0 Å². The quantitative estimate of drug-likeness (QED) is 0.417. The summed E-state index contributed by atoms with van der Waals surface area (Å²) in [5, 5.41) is 0. The molecule has 5 heteroatoms. The van der Waals surface area contributed by atoms with Gasteiger partial charge in [-0.2, -0.15) is 0 Å². The average Bonchev–Trinajstić information content (AvgIpc) is 1.00. The summed E-state index contributed by atoms with van der Waals surface area (Å²) in [5.41, 5.74) is 0. The minimum Gasteiger partial charge on any atom is -0.261 e. The Hall–Kier alpha value is 2.90. The largest absolute Gasteiger partial charge is 0.261 e. The fourth-order valence-electron chi connectivity index (χ4n) is 0. The van der Waals surface area contributed by atoms with E-state index < -0.39 is 0 Å². The molecule has 0 N–H and O–H groups in total. The molecule has 0 atom stereocenters. The van der Waals surface area contributed by atoms with E-state index in [1.54, 1.807) is 0 Å². The van der Waals surface area contributed by atoms with E-state index in [0.717, 1.165) is 0 Å². The van der Waals surface area contributed by atoms with E-state index in [1.165, 1.54) is 0 Å². The van der Waals surface area contributed by atoms with Gasteiger partial charge in [0.2, 0.25) is 0 Å². The topological polar surface area (TPSA) is 17.1 Å². The Kier molecular flexibility index (Phi) is 141. The molecule has 0 bridgehead atoms. The van der Waals surface area contributed by atoms with Crippen LogP contribution in [0.3, 0.4) is 0 Å². The zero-order chi connectivity index (χ0) is 2.00. The van der Waals surface area contributed by atoms with Crippen molar-refractivity contribution in [3.8, 4) is 0 Å². The molecule has 0 aromatic rings. The summed E-state index contributed by atoms with van der Waals surface area (Å²) in [6.45, 7) is 0. The smallest absolute Gasteiger partial charge is 0.261 e. The molecular weight excluding hydrogens is 224 g/mol. The van der Waals surface area contributed by atoms with Crippen LogP contribution in [0.15, 0.2) is 0 Å². The molecule has 0 rings (SSSR count). The van der Waals surface area contributed by atoms with Crippen LogP contribution >= 0.6 is 9.12 Å². The number of rotatable bonds is 0. The molecule has 0 fully saturated rings. The molecule has 0 saturated heterocycles. The molecule has 5 heavy (non-hydrogen) atoms. The zero-order valence-electron chi connectivity index (χ0n) is 3.06. The van der Waals surface area contributed by atoms with Crippen molar-refractivity contribution in [2.24, 2.45) is 0 Å². The summed E-state index contributed by atoms with van der Waals surface area (Å²) in [5.74, 6) is 0. The van der Waals surface area contributed by atoms with Crippen molar-refractivity contribution < 1.29 is 24.0 Å². The van der Waals surface area contributed by atoms with Gasteiger partial charge in [-0.05, 0) is 0 Å². The first kappa shape index (κ1) is 24.7. The van der Waals surface area contributed by atoms with Crippen LogP contribution in [0.1, 0.15) is 0 Å². The Morgan fingerprint density at radius 1 is 1.20 bits per heavy atom. The second-order valence-corrected chi connectivity index (χ2v) is 0. The van der Waals surface area contributed by atoms with Crippen LogP contribution in [-0.2, 0) is 24.0 Å². The van der Waals surface area contributed by atoms with Crippen LogP contribution in [0.2, 0.25) is 0 Å². The van der Waals surface area contributed by atoms with Crippen molar-refractivity contribution in [1.29, 1.82) is 0 Å². The average molecular weight is 224 g/mol. The Balaban J connectivity index is -0.00000000167. The van der Waals surface area contributed by atoms with Crippen LogP contribution < -0.4 is 0 Å². The van der Waals surface area contributed by atoms with Crippen LogP contribution in [0.5, 0.6) is 0 Å². The molecule has 0 aromatic carbocycles. The second kappa shape index (κ2) is 28.5. The standard InChI is InChI=1S/Ge.K.OP.Zn/c;;1-2;. The third-order valence-corrected chi connectivity index (χ3v) is 0. The van der Waals surface area contributed by atoms with E-state index in [2.05, 4.69) is 9.12 Å². The SMILES string of the molecule is O=[P].[Ge].[K].[Zn]. The Morgan fingerprint density at radius 2 is 1.20 bits per heavy atom. The van der Waals surface area contributed by atoms with E-state index in [9.17, 15) is 0 Å². The maximum Gasteiger partial charge on any atom is 0.261 e. The summed E-state index contributed by atoms with van der Waals surface area (Å²) >= 11 is 0. The zero-order valence-corrected chi connectivity index (χ0v) is 12.1. The molecule has 0 amide bonds. The first-order valence-corrected chi connectivity index (χ1v) is 0.548. The number of hydrogen-bond donors (Lipinski definition) is 0. The first-order chi connectivity index (χ1) is 1.00. The molecule has 0 saturated carbocycles. The summed E-state index contributed by atoms with van der Waals surface area (Å²) in [4.78, 5) is 0. The Labute approximate surface area is 99.8 Å². The third kappa shape index (κ3) is 19.7. The van der Waals surface area contributed by atoms with E-state index >= 15 is 0 Å². The van der Waals surface area contributed by atoms with Gasteiger partial charge in [0.25, 0.3) is 9.12 Å². The van der Waals surface area contributed by atoms with E-state index in [0.29, 0.717) is 0 Å². The van der Waals surface area contributed by atoms with Gasteiger partial charge in [0, 0.05) is 88.5 Å². The monoisotopic (exact) mass is 224 g/mol. The van der Waals surface area contributed by atoms with Crippen molar-refractivity contribution in [2.45, 2.75) is 0 Å². The summed E-state index contributed by atoms with van der Waals surface area (Å²) in [7, 11) is 2.28. The van der Waals surface area contributed by atoms with Crippen molar-refractivity contribution >= 4 is 78.1 Å². The first-order valence-electron chi connectivity index (χ1n) is 0.183. The van der Waals surface area contributed by atoms with E-state index in [-0.39, 0.29) is 88.5 Å². The molecule has 0 aliphatic heterocycles. The molecule has 6 radical (unpaired) electrons. The molecule has 0 unspecified atom stereocenters. The van der Waals surface area contributed by atoms with E-state index in [1.807, 2.05) is 0 Å². The van der Waals surface area contributed by atoms with Crippen molar-refractivity contribution in [3.63, 3.8) is 0 Å². The molecule has 18 valence electrons. The summed E-state index contributed by atoms with van der Waals surface area (Å²) < 4.78 is 7.94. The molecule has 0 heterocycles. The van der Waals surface area contributed by atoms with E-state index in [4.69, 9.17) is 4.57 Å². The molecule has 1 nitrogen and oxygen atoms in total. The molecular formula is GeKOPZn. The van der Waals surface area contributed by atoms with Crippen molar-refractivity contribution in [2.75, 3.05) is 0 Å². The second-order valence-electron chi connectivity index (χ2n) is 0. The third-order valence-electron chi connectivity index (χ3n) is 0. The molecule has 0 aliphatic rings.